The number of fused-ring (bicyclic) bond motifs is 1. The minimum atomic E-state index is -1.26. The molecule has 0 saturated heterocycles. The molecule has 0 saturated carbocycles. The fraction of sp³-hybridized carbons (Fsp3) is 0.467. The minimum absolute atomic E-state index is 0.314. The van der Waals surface area contributed by atoms with E-state index in [-0.39, 0.29) is 6.03 Å². The Bertz CT molecular complexity index is 546. The van der Waals surface area contributed by atoms with Crippen molar-refractivity contribution in [3.8, 4) is 5.75 Å². The molecule has 0 bridgehead atoms. The van der Waals surface area contributed by atoms with Crippen molar-refractivity contribution >= 4 is 12.0 Å². The van der Waals surface area contributed by atoms with Gasteiger partial charge in [-0.15, -0.1) is 0 Å². The van der Waals surface area contributed by atoms with Crippen LogP contribution in [0.3, 0.4) is 0 Å². The van der Waals surface area contributed by atoms with Crippen molar-refractivity contribution in [3.63, 3.8) is 0 Å². The number of amides is 2. The van der Waals surface area contributed by atoms with Crippen LogP contribution in [-0.2, 0) is 11.3 Å². The lowest BCUT2D eigenvalue weighted by Gasteiger charge is -2.29. The fourth-order valence-corrected chi connectivity index (χ4v) is 2.11. The highest BCUT2D eigenvalue weighted by atomic mass is 16.5. The molecular weight excluding hydrogens is 272 g/mol. The number of nitrogens with one attached hydrogen (secondary N) is 1. The molecule has 6 heteroatoms. The number of ether oxygens (including phenoxy) is 1. The monoisotopic (exact) mass is 292 g/mol. The number of aliphatic carboxylic acids is 1. The maximum atomic E-state index is 12.3. The molecule has 0 fully saturated rings. The second kappa shape index (κ2) is 6.03. The van der Waals surface area contributed by atoms with Crippen molar-refractivity contribution in [2.24, 2.45) is 0 Å². The van der Waals surface area contributed by atoms with Gasteiger partial charge in [0.25, 0.3) is 0 Å². The van der Waals surface area contributed by atoms with E-state index in [1.165, 1.54) is 6.92 Å². The van der Waals surface area contributed by atoms with Gasteiger partial charge in [-0.1, -0.05) is 25.1 Å². The normalized spacial score (nSPS) is 17.0. The van der Waals surface area contributed by atoms with E-state index in [4.69, 9.17) is 4.74 Å². The first kappa shape index (κ1) is 15.2. The van der Waals surface area contributed by atoms with Gasteiger partial charge in [0.2, 0.25) is 0 Å². The summed E-state index contributed by atoms with van der Waals surface area (Å²) in [6.07, 6.45) is 0.314. The second-order valence-electron chi connectivity index (χ2n) is 5.30. The van der Waals surface area contributed by atoms with Gasteiger partial charge in [-0.2, -0.15) is 0 Å². The summed E-state index contributed by atoms with van der Waals surface area (Å²) in [5.41, 5.74) is -0.345. The van der Waals surface area contributed by atoms with Gasteiger partial charge in [0.15, 0.2) is 0 Å². The van der Waals surface area contributed by atoms with E-state index in [9.17, 15) is 14.7 Å². The number of hydrogen-bond donors (Lipinski definition) is 2. The van der Waals surface area contributed by atoms with Crippen LogP contribution >= 0.6 is 0 Å². The predicted octanol–water partition coefficient (Wildman–Crippen LogP) is 1.84. The molecule has 1 unspecified atom stereocenters. The molecule has 2 amide bonds. The maximum Gasteiger partial charge on any atom is 0.329 e. The predicted molar refractivity (Wildman–Crippen MR) is 77.2 cm³/mol. The zero-order valence-corrected chi connectivity index (χ0v) is 12.3. The van der Waals surface area contributed by atoms with Crippen LogP contribution in [0.5, 0.6) is 5.75 Å². The lowest BCUT2D eigenvalue weighted by Crippen LogP contribution is -2.55. The summed E-state index contributed by atoms with van der Waals surface area (Å²) >= 11 is 0. The molecule has 0 spiro atoms. The first-order valence-electron chi connectivity index (χ1n) is 6.97. The Morgan fingerprint density at radius 2 is 2.14 bits per heavy atom. The molecule has 21 heavy (non-hydrogen) atoms. The average Bonchev–Trinajstić information content (AvgIpc) is 2.69. The van der Waals surface area contributed by atoms with Crippen molar-refractivity contribution in [1.29, 1.82) is 0 Å². The molecule has 1 atom stereocenters. The van der Waals surface area contributed by atoms with Crippen LogP contribution in [0.15, 0.2) is 24.3 Å². The number of benzene rings is 1. The van der Waals surface area contributed by atoms with Gasteiger partial charge < -0.3 is 20.1 Å². The smallest absolute Gasteiger partial charge is 0.329 e. The summed E-state index contributed by atoms with van der Waals surface area (Å²) in [5.74, 6) is -0.269. The van der Waals surface area contributed by atoms with Crippen molar-refractivity contribution in [2.75, 3.05) is 13.2 Å². The highest BCUT2D eigenvalue weighted by molar-refractivity contribution is 5.85. The Hall–Kier alpha value is -2.24. The molecule has 1 aromatic carbocycles. The largest absolute Gasteiger partial charge is 0.491 e. The number of hydrogen-bond acceptors (Lipinski definition) is 3. The Kier molecular flexibility index (Phi) is 4.35. The summed E-state index contributed by atoms with van der Waals surface area (Å²) in [7, 11) is 0. The Labute approximate surface area is 123 Å². The molecule has 2 rings (SSSR count). The van der Waals surface area contributed by atoms with E-state index < -0.39 is 11.5 Å². The summed E-state index contributed by atoms with van der Waals surface area (Å²) in [5, 5.41) is 11.8. The number of carbonyl (C=O) groups is 2. The van der Waals surface area contributed by atoms with Gasteiger partial charge >= 0.3 is 12.0 Å². The molecule has 6 nitrogen and oxygen atoms in total. The highest BCUT2D eigenvalue weighted by Crippen LogP contribution is 2.22. The first-order chi connectivity index (χ1) is 9.96. The number of carboxylic acids is 1. The Morgan fingerprint density at radius 1 is 1.43 bits per heavy atom. The van der Waals surface area contributed by atoms with Gasteiger partial charge in [-0.3, -0.25) is 0 Å². The van der Waals surface area contributed by atoms with Crippen molar-refractivity contribution in [2.45, 2.75) is 32.4 Å². The van der Waals surface area contributed by atoms with E-state index in [0.717, 1.165) is 11.3 Å². The molecule has 2 N–H and O–H groups in total. The molecule has 1 heterocycles. The third-order valence-corrected chi connectivity index (χ3v) is 3.80. The first-order valence-corrected chi connectivity index (χ1v) is 6.97. The third kappa shape index (κ3) is 3.26. The molecule has 0 radical (unpaired) electrons. The summed E-state index contributed by atoms with van der Waals surface area (Å²) in [6.45, 7) is 4.45. The van der Waals surface area contributed by atoms with E-state index >= 15 is 0 Å². The van der Waals surface area contributed by atoms with E-state index in [1.807, 2.05) is 24.3 Å². The van der Waals surface area contributed by atoms with Crippen LogP contribution in [0.1, 0.15) is 25.8 Å². The number of urea groups is 1. The number of rotatable bonds is 3. The standard InChI is InChI=1S/C15H20N2O4/c1-3-15(2,13(18)19)16-14(20)17-8-9-21-12-7-5-4-6-11(12)10-17/h4-7H,3,8-10H2,1-2H3,(H,16,20)(H,18,19). The van der Waals surface area contributed by atoms with E-state index in [2.05, 4.69) is 5.32 Å². The van der Waals surface area contributed by atoms with Crippen molar-refractivity contribution < 1.29 is 19.4 Å². The number of carboxylic acid groups (broad SMARTS) is 1. The SMILES string of the molecule is CCC(C)(NC(=O)N1CCOc2ccccc2C1)C(=O)O. The lowest BCUT2D eigenvalue weighted by atomic mass is 10.00. The topological polar surface area (TPSA) is 78.9 Å². The quantitative estimate of drug-likeness (QED) is 0.891. The van der Waals surface area contributed by atoms with E-state index in [1.54, 1.807) is 11.8 Å². The molecule has 1 aromatic rings. The molecule has 114 valence electrons. The number of para-hydroxylation sites is 1. The van der Waals surface area contributed by atoms with Gasteiger partial charge in [0.05, 0.1) is 13.1 Å². The molecule has 1 aliphatic heterocycles. The summed E-state index contributed by atoms with van der Waals surface area (Å²) < 4.78 is 5.59. The van der Waals surface area contributed by atoms with Crippen LogP contribution in [0, 0.1) is 0 Å². The highest BCUT2D eigenvalue weighted by Gasteiger charge is 2.34. The molecular formula is C15H20N2O4. The maximum absolute atomic E-state index is 12.3. The van der Waals surface area contributed by atoms with E-state index in [0.29, 0.717) is 26.1 Å². The van der Waals surface area contributed by atoms with Gasteiger partial charge in [0.1, 0.15) is 17.9 Å². The second-order valence-corrected chi connectivity index (χ2v) is 5.30. The van der Waals surface area contributed by atoms with Crippen LogP contribution in [0.25, 0.3) is 0 Å². The van der Waals surface area contributed by atoms with Gasteiger partial charge in [-0.05, 0) is 19.4 Å². The Balaban J connectivity index is 2.12. The van der Waals surface area contributed by atoms with Crippen LogP contribution in [0.4, 0.5) is 4.79 Å². The Morgan fingerprint density at radius 3 is 2.81 bits per heavy atom. The van der Waals surface area contributed by atoms with Crippen molar-refractivity contribution in [3.05, 3.63) is 29.8 Å². The average molecular weight is 292 g/mol. The van der Waals surface area contributed by atoms with Gasteiger partial charge in [0, 0.05) is 5.56 Å². The summed E-state index contributed by atoms with van der Waals surface area (Å²) in [4.78, 5) is 25.2. The minimum Gasteiger partial charge on any atom is -0.491 e. The number of carbonyl (C=O) groups excluding carboxylic acids is 1. The summed E-state index contributed by atoms with van der Waals surface area (Å²) in [6, 6.07) is 7.15. The zero-order valence-electron chi connectivity index (χ0n) is 12.3. The van der Waals surface area contributed by atoms with Crippen LogP contribution in [0.2, 0.25) is 0 Å². The number of nitrogens with zero attached hydrogens (tertiary/aromatic N) is 1. The fourth-order valence-electron chi connectivity index (χ4n) is 2.11. The molecule has 0 aromatic heterocycles. The van der Waals surface area contributed by atoms with Crippen molar-refractivity contribution in [1.82, 2.24) is 10.2 Å². The zero-order chi connectivity index (χ0) is 15.5. The lowest BCUT2D eigenvalue weighted by molar-refractivity contribution is -0.143. The third-order valence-electron chi connectivity index (χ3n) is 3.80. The van der Waals surface area contributed by atoms with Gasteiger partial charge in [-0.25, -0.2) is 9.59 Å². The van der Waals surface area contributed by atoms with Crippen LogP contribution < -0.4 is 10.1 Å². The molecule has 0 aliphatic carbocycles. The van der Waals surface area contributed by atoms with Crippen LogP contribution in [-0.4, -0.2) is 40.7 Å². The molecule has 1 aliphatic rings.